The first-order valence-corrected chi connectivity index (χ1v) is 7.61. The van der Waals surface area contributed by atoms with Crippen LogP contribution in [0.2, 0.25) is 0 Å². The Morgan fingerprint density at radius 3 is 2.80 bits per heavy atom. The summed E-state index contributed by atoms with van der Waals surface area (Å²) in [6.45, 7) is 5.38. The molecule has 3 nitrogen and oxygen atoms in total. The number of nitrogens with one attached hydrogen (secondary N) is 1. The fraction of sp³-hybridized carbons (Fsp3) is 0.769. The highest BCUT2D eigenvalue weighted by Gasteiger charge is 2.37. The molecule has 3 atom stereocenters. The molecule has 0 amide bonds. The van der Waals surface area contributed by atoms with Crippen LogP contribution in [0.4, 0.5) is 13.2 Å². The molecule has 1 fully saturated rings. The third-order valence-corrected chi connectivity index (χ3v) is 4.51. The molecule has 0 radical (unpaired) electrons. The first kappa shape index (κ1) is 15.7. The second-order valence-electron chi connectivity index (χ2n) is 5.14. The number of ether oxygens (including phenoxy) is 1. The van der Waals surface area contributed by atoms with Crippen LogP contribution in [0.25, 0.3) is 0 Å². The summed E-state index contributed by atoms with van der Waals surface area (Å²) in [4.78, 5) is 4.17. The molecule has 20 heavy (non-hydrogen) atoms. The molecular weight excluding hydrogens is 289 g/mol. The molecule has 1 N–H and O–H groups in total. The zero-order chi connectivity index (χ0) is 14.8. The Balaban J connectivity index is 2.15. The maximum absolute atomic E-state index is 12.7. The second-order valence-corrected chi connectivity index (χ2v) is 6.20. The third-order valence-electron chi connectivity index (χ3n) is 3.39. The first-order chi connectivity index (χ1) is 9.41. The molecule has 0 aromatic carbocycles. The van der Waals surface area contributed by atoms with Crippen molar-refractivity contribution < 1.29 is 17.9 Å². The zero-order valence-electron chi connectivity index (χ0n) is 11.5. The lowest BCUT2D eigenvalue weighted by molar-refractivity contribution is -0.137. The van der Waals surface area contributed by atoms with E-state index in [0.29, 0.717) is 11.5 Å². The van der Waals surface area contributed by atoms with E-state index in [2.05, 4.69) is 10.3 Å². The predicted molar refractivity (Wildman–Crippen MR) is 71.7 cm³/mol. The van der Waals surface area contributed by atoms with Crippen LogP contribution in [-0.4, -0.2) is 24.2 Å². The van der Waals surface area contributed by atoms with Crippen molar-refractivity contribution in [2.24, 2.45) is 5.92 Å². The average Bonchev–Trinajstić information content (AvgIpc) is 2.99. The quantitative estimate of drug-likeness (QED) is 0.902. The van der Waals surface area contributed by atoms with E-state index in [0.717, 1.165) is 30.7 Å². The molecule has 0 aliphatic carbocycles. The van der Waals surface area contributed by atoms with Crippen molar-refractivity contribution in [3.63, 3.8) is 0 Å². The van der Waals surface area contributed by atoms with E-state index < -0.39 is 11.2 Å². The van der Waals surface area contributed by atoms with Gasteiger partial charge in [-0.15, -0.1) is 11.3 Å². The molecular formula is C13H19F3N2OS. The lowest BCUT2D eigenvalue weighted by Crippen LogP contribution is -2.28. The number of rotatable bonds is 5. The molecule has 2 rings (SSSR count). The van der Waals surface area contributed by atoms with Gasteiger partial charge in [0.1, 0.15) is 0 Å². The summed E-state index contributed by atoms with van der Waals surface area (Å²) in [6.07, 6.45) is -1.05. The van der Waals surface area contributed by atoms with Crippen molar-refractivity contribution in [1.29, 1.82) is 0 Å². The minimum atomic E-state index is -4.36. The molecule has 1 aliphatic rings. The van der Waals surface area contributed by atoms with E-state index >= 15 is 0 Å². The van der Waals surface area contributed by atoms with Crippen LogP contribution in [0, 0.1) is 5.92 Å². The SMILES string of the molecule is CCCNC(c1cnc(C(F)(F)F)s1)C1COC(C)C1. The molecule has 7 heteroatoms. The summed E-state index contributed by atoms with van der Waals surface area (Å²) in [7, 11) is 0. The standard InChI is InChI=1S/C13H19F3N2OS/c1-3-4-17-11(9-5-8(2)19-7-9)10-6-18-12(20-10)13(14,15)16/h6,8-9,11,17H,3-5,7H2,1-2H3. The fourth-order valence-corrected chi connectivity index (χ4v) is 3.40. The Bertz CT molecular complexity index is 435. The normalized spacial score (nSPS) is 25.1. The second kappa shape index (κ2) is 6.41. The van der Waals surface area contributed by atoms with Crippen LogP contribution in [0.15, 0.2) is 6.20 Å². The van der Waals surface area contributed by atoms with E-state index in [1.54, 1.807) is 0 Å². The van der Waals surface area contributed by atoms with Gasteiger partial charge in [-0.1, -0.05) is 6.92 Å². The summed E-state index contributed by atoms with van der Waals surface area (Å²) < 4.78 is 43.5. The summed E-state index contributed by atoms with van der Waals surface area (Å²) in [5.74, 6) is 0.207. The van der Waals surface area contributed by atoms with E-state index in [4.69, 9.17) is 4.74 Å². The highest BCUT2D eigenvalue weighted by atomic mass is 32.1. The van der Waals surface area contributed by atoms with Crippen LogP contribution in [-0.2, 0) is 10.9 Å². The Kier molecular flexibility index (Phi) is 5.04. The number of nitrogens with zero attached hydrogens (tertiary/aromatic N) is 1. The summed E-state index contributed by atoms with van der Waals surface area (Å²) in [6, 6.07) is -0.103. The molecule has 1 aliphatic heterocycles. The van der Waals surface area contributed by atoms with Gasteiger partial charge in [0.15, 0.2) is 5.01 Å². The molecule has 0 bridgehead atoms. The highest BCUT2D eigenvalue weighted by molar-refractivity contribution is 7.11. The van der Waals surface area contributed by atoms with Gasteiger partial charge < -0.3 is 10.1 Å². The molecule has 1 aromatic rings. The molecule has 3 unspecified atom stereocenters. The highest BCUT2D eigenvalue weighted by Crippen LogP contribution is 2.38. The lowest BCUT2D eigenvalue weighted by Gasteiger charge is -2.22. The Labute approximate surface area is 120 Å². The van der Waals surface area contributed by atoms with Gasteiger partial charge in [0.25, 0.3) is 0 Å². The number of alkyl halides is 3. The Hall–Kier alpha value is -0.660. The number of hydrogen-bond acceptors (Lipinski definition) is 4. The molecule has 114 valence electrons. The van der Waals surface area contributed by atoms with Gasteiger partial charge in [-0.05, 0) is 26.3 Å². The van der Waals surface area contributed by atoms with E-state index in [1.807, 2.05) is 13.8 Å². The molecule has 0 saturated carbocycles. The van der Waals surface area contributed by atoms with Gasteiger partial charge in [0, 0.05) is 23.0 Å². The van der Waals surface area contributed by atoms with Crippen LogP contribution in [0.5, 0.6) is 0 Å². The molecule has 2 heterocycles. The fourth-order valence-electron chi connectivity index (χ4n) is 2.44. The number of thiazole rings is 1. The van der Waals surface area contributed by atoms with Crippen molar-refractivity contribution in [2.75, 3.05) is 13.2 Å². The van der Waals surface area contributed by atoms with Gasteiger partial charge in [-0.25, -0.2) is 4.98 Å². The van der Waals surface area contributed by atoms with Crippen LogP contribution in [0.1, 0.15) is 42.6 Å². The predicted octanol–water partition coefficient (Wildman–Crippen LogP) is 3.63. The number of aromatic nitrogens is 1. The van der Waals surface area contributed by atoms with Gasteiger partial charge in [0.2, 0.25) is 0 Å². The third kappa shape index (κ3) is 3.71. The van der Waals surface area contributed by atoms with Crippen molar-refractivity contribution >= 4 is 11.3 Å². The lowest BCUT2D eigenvalue weighted by atomic mass is 9.96. The topological polar surface area (TPSA) is 34.2 Å². The van der Waals surface area contributed by atoms with Crippen molar-refractivity contribution in [2.45, 2.75) is 45.0 Å². The zero-order valence-corrected chi connectivity index (χ0v) is 12.4. The number of halogens is 3. The summed E-state index contributed by atoms with van der Waals surface area (Å²) in [5, 5.41) is 2.56. The van der Waals surface area contributed by atoms with E-state index in [9.17, 15) is 13.2 Å². The summed E-state index contributed by atoms with van der Waals surface area (Å²) in [5.41, 5.74) is 0. The Morgan fingerprint density at radius 2 is 2.30 bits per heavy atom. The maximum atomic E-state index is 12.7. The largest absolute Gasteiger partial charge is 0.443 e. The van der Waals surface area contributed by atoms with Crippen molar-refractivity contribution in [3.8, 4) is 0 Å². The van der Waals surface area contributed by atoms with E-state index in [-0.39, 0.29) is 18.1 Å². The molecule has 1 aromatic heterocycles. The molecule has 1 saturated heterocycles. The van der Waals surface area contributed by atoms with Crippen LogP contribution in [0.3, 0.4) is 0 Å². The van der Waals surface area contributed by atoms with Crippen LogP contribution >= 0.6 is 11.3 Å². The maximum Gasteiger partial charge on any atom is 0.443 e. The average molecular weight is 308 g/mol. The Morgan fingerprint density at radius 1 is 1.55 bits per heavy atom. The van der Waals surface area contributed by atoms with Crippen molar-refractivity contribution in [3.05, 3.63) is 16.1 Å². The smallest absolute Gasteiger partial charge is 0.378 e. The minimum absolute atomic E-state index is 0.103. The van der Waals surface area contributed by atoms with Gasteiger partial charge in [-0.3, -0.25) is 0 Å². The summed E-state index contributed by atoms with van der Waals surface area (Å²) >= 11 is 0.732. The van der Waals surface area contributed by atoms with Gasteiger partial charge in [0.05, 0.1) is 12.7 Å². The van der Waals surface area contributed by atoms with Gasteiger partial charge >= 0.3 is 6.18 Å². The van der Waals surface area contributed by atoms with Crippen LogP contribution < -0.4 is 5.32 Å². The monoisotopic (exact) mass is 308 g/mol. The first-order valence-electron chi connectivity index (χ1n) is 6.79. The minimum Gasteiger partial charge on any atom is -0.378 e. The van der Waals surface area contributed by atoms with Gasteiger partial charge in [-0.2, -0.15) is 13.2 Å². The van der Waals surface area contributed by atoms with Crippen molar-refractivity contribution in [1.82, 2.24) is 10.3 Å². The van der Waals surface area contributed by atoms with E-state index in [1.165, 1.54) is 6.20 Å². The molecule has 0 spiro atoms. The number of hydrogen-bond donors (Lipinski definition) is 1.